The zero-order valence-corrected chi connectivity index (χ0v) is 49.2. The fraction of sp³-hybridized carbons (Fsp3) is 0.877. The predicted octanol–water partition coefficient (Wildman–Crippen LogP) is 15.5. The molecule has 0 radical (unpaired) electrons. The van der Waals surface area contributed by atoms with Gasteiger partial charge in [0.1, 0.15) is 24.4 Å². The summed E-state index contributed by atoms with van der Waals surface area (Å²) in [6.07, 6.45) is 58.3. The molecule has 11 heteroatoms. The standard InChI is InChI=1S/C65H121NO10/c1-3-5-7-9-11-13-14-15-16-23-27-30-33-37-41-45-49-53-61(70)74-54-50-46-42-38-34-31-28-25-22-20-18-17-19-21-24-26-29-32-36-40-44-48-52-60(69)66-57(58(68)51-47-43-39-35-12-10-8-6-4-2)56-75-65-64(73)63(72)62(71)59(55-67)76-65/h11,13,15-16,47,51,57-59,62-65,67-68,71-73H,3-10,12,14,17-46,48-50,52-56H2,1-2H3,(H,66,69)/b13-11-,16-15-,51-47+. The number of hydrogen-bond donors (Lipinski definition) is 6. The summed E-state index contributed by atoms with van der Waals surface area (Å²) in [7, 11) is 0. The number of ether oxygens (including phenoxy) is 3. The van der Waals surface area contributed by atoms with Gasteiger partial charge in [0.25, 0.3) is 0 Å². The van der Waals surface area contributed by atoms with E-state index in [1.54, 1.807) is 6.08 Å². The molecule has 0 bridgehead atoms. The van der Waals surface area contributed by atoms with Crippen LogP contribution in [0.15, 0.2) is 36.5 Å². The molecule has 1 rings (SSSR count). The van der Waals surface area contributed by atoms with Crippen LogP contribution in [0.25, 0.3) is 0 Å². The normalized spacial score (nSPS) is 18.9. The summed E-state index contributed by atoms with van der Waals surface area (Å²) in [6.45, 7) is 4.30. The van der Waals surface area contributed by atoms with E-state index >= 15 is 0 Å². The number of nitrogens with one attached hydrogen (secondary N) is 1. The quantitative estimate of drug-likeness (QED) is 0.0195. The third kappa shape index (κ3) is 43.7. The van der Waals surface area contributed by atoms with Gasteiger partial charge >= 0.3 is 5.97 Å². The molecule has 6 N–H and O–H groups in total. The van der Waals surface area contributed by atoms with Crippen molar-refractivity contribution >= 4 is 11.9 Å². The number of rotatable bonds is 56. The zero-order chi connectivity index (χ0) is 55.2. The van der Waals surface area contributed by atoms with Gasteiger partial charge in [-0.3, -0.25) is 9.59 Å². The molecule has 76 heavy (non-hydrogen) atoms. The molecule has 0 aromatic heterocycles. The van der Waals surface area contributed by atoms with Crippen LogP contribution in [0.5, 0.6) is 0 Å². The highest BCUT2D eigenvalue weighted by Gasteiger charge is 2.44. The molecular weight excluding hydrogens is 955 g/mol. The summed E-state index contributed by atoms with van der Waals surface area (Å²) in [5, 5.41) is 54.2. The molecule has 1 aliphatic heterocycles. The molecule has 1 fully saturated rings. The van der Waals surface area contributed by atoms with Crippen molar-refractivity contribution in [1.82, 2.24) is 5.32 Å². The molecule has 11 nitrogen and oxygen atoms in total. The van der Waals surface area contributed by atoms with Gasteiger partial charge in [-0.15, -0.1) is 0 Å². The Morgan fingerprint density at radius 1 is 0.487 bits per heavy atom. The summed E-state index contributed by atoms with van der Waals surface area (Å²) in [4.78, 5) is 25.1. The Morgan fingerprint density at radius 3 is 1.36 bits per heavy atom. The third-order valence-corrected chi connectivity index (χ3v) is 15.2. The Labute approximate surface area is 466 Å². The minimum atomic E-state index is -1.57. The number of carbonyl (C=O) groups is 2. The van der Waals surface area contributed by atoms with Crippen LogP contribution in [0.2, 0.25) is 0 Å². The van der Waals surface area contributed by atoms with Gasteiger partial charge in [-0.2, -0.15) is 0 Å². The van der Waals surface area contributed by atoms with Gasteiger partial charge in [-0.25, -0.2) is 0 Å². The van der Waals surface area contributed by atoms with E-state index in [2.05, 4.69) is 43.5 Å². The topological polar surface area (TPSA) is 175 Å². The highest BCUT2D eigenvalue weighted by atomic mass is 16.7. The Morgan fingerprint density at radius 2 is 0.882 bits per heavy atom. The average Bonchev–Trinajstić information content (AvgIpc) is 3.42. The van der Waals surface area contributed by atoms with Crippen molar-refractivity contribution in [3.8, 4) is 0 Å². The lowest BCUT2D eigenvalue weighted by atomic mass is 9.99. The van der Waals surface area contributed by atoms with Crippen molar-refractivity contribution in [3.63, 3.8) is 0 Å². The molecule has 1 aliphatic rings. The van der Waals surface area contributed by atoms with Gasteiger partial charge < -0.3 is 45.1 Å². The number of hydrogen-bond acceptors (Lipinski definition) is 10. The van der Waals surface area contributed by atoms with Crippen LogP contribution in [0, 0.1) is 0 Å². The summed E-state index contributed by atoms with van der Waals surface area (Å²) < 4.78 is 16.7. The molecule has 1 heterocycles. The van der Waals surface area contributed by atoms with E-state index in [4.69, 9.17) is 14.2 Å². The van der Waals surface area contributed by atoms with E-state index in [1.165, 1.54) is 212 Å². The van der Waals surface area contributed by atoms with Crippen molar-refractivity contribution in [1.29, 1.82) is 0 Å². The lowest BCUT2D eigenvalue weighted by molar-refractivity contribution is -0.302. The van der Waals surface area contributed by atoms with Gasteiger partial charge in [0.2, 0.25) is 5.91 Å². The summed E-state index contributed by atoms with van der Waals surface area (Å²) in [6, 6.07) is -0.809. The van der Waals surface area contributed by atoms with E-state index in [0.717, 1.165) is 64.2 Å². The van der Waals surface area contributed by atoms with E-state index in [-0.39, 0.29) is 18.5 Å². The predicted molar refractivity (Wildman–Crippen MR) is 315 cm³/mol. The first kappa shape index (κ1) is 71.9. The van der Waals surface area contributed by atoms with Crippen LogP contribution in [0.3, 0.4) is 0 Å². The highest BCUT2D eigenvalue weighted by molar-refractivity contribution is 5.76. The van der Waals surface area contributed by atoms with Crippen molar-refractivity contribution in [3.05, 3.63) is 36.5 Å². The molecule has 0 aromatic rings. The van der Waals surface area contributed by atoms with Gasteiger partial charge in [-0.05, 0) is 64.2 Å². The van der Waals surface area contributed by atoms with Crippen molar-refractivity contribution in [2.45, 2.75) is 346 Å². The zero-order valence-electron chi connectivity index (χ0n) is 49.2. The maximum absolute atomic E-state index is 13.0. The second-order valence-electron chi connectivity index (χ2n) is 22.5. The van der Waals surface area contributed by atoms with Gasteiger partial charge in [-0.1, -0.05) is 262 Å². The van der Waals surface area contributed by atoms with Crippen LogP contribution in [0.1, 0.15) is 303 Å². The lowest BCUT2D eigenvalue weighted by Crippen LogP contribution is -2.60. The maximum atomic E-state index is 13.0. The first-order valence-corrected chi connectivity index (χ1v) is 32.3. The number of aliphatic hydroxyl groups is 5. The molecule has 446 valence electrons. The Hall–Kier alpha value is -2.12. The highest BCUT2D eigenvalue weighted by Crippen LogP contribution is 2.23. The average molecular weight is 1080 g/mol. The third-order valence-electron chi connectivity index (χ3n) is 15.2. The van der Waals surface area contributed by atoms with Crippen LogP contribution in [-0.4, -0.2) is 100 Å². The van der Waals surface area contributed by atoms with Gasteiger partial charge in [0.05, 0.1) is 32.0 Å². The number of allylic oxidation sites excluding steroid dienone is 5. The largest absolute Gasteiger partial charge is 0.466 e. The maximum Gasteiger partial charge on any atom is 0.305 e. The molecule has 0 spiro atoms. The Bertz CT molecular complexity index is 1360. The lowest BCUT2D eigenvalue weighted by Gasteiger charge is -2.40. The van der Waals surface area contributed by atoms with Crippen LogP contribution in [0.4, 0.5) is 0 Å². The second kappa shape index (κ2) is 54.8. The molecule has 0 aromatic carbocycles. The van der Waals surface area contributed by atoms with Crippen molar-refractivity contribution < 1.29 is 49.3 Å². The summed E-state index contributed by atoms with van der Waals surface area (Å²) in [5.74, 6) is -0.191. The van der Waals surface area contributed by atoms with Crippen LogP contribution >= 0.6 is 0 Å². The molecular formula is C65H121NO10. The van der Waals surface area contributed by atoms with Gasteiger partial charge in [0.15, 0.2) is 6.29 Å². The Balaban J connectivity index is 1.96. The number of amides is 1. The second-order valence-corrected chi connectivity index (χ2v) is 22.5. The fourth-order valence-electron chi connectivity index (χ4n) is 10.1. The number of carbonyl (C=O) groups excluding carboxylic acids is 2. The monoisotopic (exact) mass is 1080 g/mol. The molecule has 0 aliphatic carbocycles. The van der Waals surface area contributed by atoms with Crippen LogP contribution in [-0.2, 0) is 23.8 Å². The summed E-state index contributed by atoms with van der Waals surface area (Å²) >= 11 is 0. The summed E-state index contributed by atoms with van der Waals surface area (Å²) in [5.41, 5.74) is 0. The smallest absolute Gasteiger partial charge is 0.305 e. The van der Waals surface area contributed by atoms with Crippen molar-refractivity contribution in [2.24, 2.45) is 0 Å². The Kier molecular flexibility index (Phi) is 51.9. The van der Waals surface area contributed by atoms with E-state index in [0.29, 0.717) is 19.4 Å². The minimum Gasteiger partial charge on any atom is -0.466 e. The number of esters is 1. The van der Waals surface area contributed by atoms with Crippen molar-refractivity contribution in [2.75, 3.05) is 19.8 Å². The van der Waals surface area contributed by atoms with E-state index in [9.17, 15) is 35.1 Å². The number of aliphatic hydroxyl groups excluding tert-OH is 5. The first-order chi connectivity index (χ1) is 37.2. The molecule has 1 amide bonds. The first-order valence-electron chi connectivity index (χ1n) is 32.3. The van der Waals surface area contributed by atoms with Gasteiger partial charge in [0, 0.05) is 12.8 Å². The number of unbranched alkanes of at least 4 members (excludes halogenated alkanes) is 38. The molecule has 7 unspecified atom stereocenters. The fourth-order valence-corrected chi connectivity index (χ4v) is 10.1. The molecule has 1 saturated heterocycles. The van der Waals surface area contributed by atoms with E-state index < -0.39 is 49.5 Å². The molecule has 7 atom stereocenters. The minimum absolute atomic E-state index is 0.00696. The SMILES string of the molecule is CCCCC/C=C\C/C=C\CCCCCCCCCC(=O)OCCCCCCCCCCCCCCCCCCCCCCCCC(=O)NC(COC1OC(CO)C(O)C(O)C1O)C(O)/C=C/CCCCCCCCC. The van der Waals surface area contributed by atoms with E-state index in [1.807, 2.05) is 6.08 Å². The molecule has 0 saturated carbocycles. The van der Waals surface area contributed by atoms with Crippen LogP contribution < -0.4 is 5.32 Å².